The van der Waals surface area contributed by atoms with Crippen molar-refractivity contribution in [3.63, 3.8) is 0 Å². The van der Waals surface area contributed by atoms with Crippen molar-refractivity contribution in [3.8, 4) is 6.07 Å². The summed E-state index contributed by atoms with van der Waals surface area (Å²) in [5, 5.41) is 12.6. The molecule has 0 aromatic heterocycles. The maximum Gasteiger partial charge on any atom is 0.0994 e. The van der Waals surface area contributed by atoms with Gasteiger partial charge in [-0.15, -0.1) is 0 Å². The van der Waals surface area contributed by atoms with E-state index < -0.39 is 0 Å². The van der Waals surface area contributed by atoms with Crippen LogP contribution in [0.1, 0.15) is 22.8 Å². The lowest BCUT2D eigenvalue weighted by molar-refractivity contribution is 0.0135. The van der Waals surface area contributed by atoms with Crippen molar-refractivity contribution < 1.29 is 4.74 Å². The van der Waals surface area contributed by atoms with Crippen molar-refractivity contribution >= 4 is 0 Å². The maximum absolute atomic E-state index is 9.19. The Morgan fingerprint density at radius 3 is 3.00 bits per heavy atom. The highest BCUT2D eigenvalue weighted by Crippen LogP contribution is 2.29. The first-order valence-electron chi connectivity index (χ1n) is 6.95. The molecule has 1 aromatic rings. The summed E-state index contributed by atoms with van der Waals surface area (Å²) in [6.45, 7) is 5.92. The number of ether oxygens (including phenoxy) is 1. The molecule has 2 aliphatic rings. The Balaban J connectivity index is 1.80. The van der Waals surface area contributed by atoms with Gasteiger partial charge in [-0.25, -0.2) is 0 Å². The molecule has 1 N–H and O–H groups in total. The van der Waals surface area contributed by atoms with Gasteiger partial charge in [0.25, 0.3) is 0 Å². The van der Waals surface area contributed by atoms with E-state index in [-0.39, 0.29) is 6.10 Å². The molecule has 0 amide bonds. The summed E-state index contributed by atoms with van der Waals surface area (Å²) in [7, 11) is 0. The fraction of sp³-hybridized carbons (Fsp3) is 0.533. The molecule has 0 unspecified atom stereocenters. The SMILES string of the molecule is N#Cc1cccc2c1CCO[C@H]2CN1CCNCC1. The zero-order valence-corrected chi connectivity index (χ0v) is 11.1. The fourth-order valence-corrected chi connectivity index (χ4v) is 2.96. The van der Waals surface area contributed by atoms with Gasteiger partial charge in [-0.3, -0.25) is 4.90 Å². The van der Waals surface area contributed by atoms with Crippen LogP contribution in [0.5, 0.6) is 0 Å². The molecule has 1 atom stereocenters. The number of hydrogen-bond donors (Lipinski definition) is 1. The molecule has 0 bridgehead atoms. The van der Waals surface area contributed by atoms with Gasteiger partial charge in [0, 0.05) is 32.7 Å². The number of nitrogens with one attached hydrogen (secondary N) is 1. The number of benzene rings is 1. The Kier molecular flexibility index (Phi) is 3.79. The largest absolute Gasteiger partial charge is 0.372 e. The van der Waals surface area contributed by atoms with Crippen LogP contribution in [-0.2, 0) is 11.2 Å². The van der Waals surface area contributed by atoms with Crippen molar-refractivity contribution in [2.45, 2.75) is 12.5 Å². The van der Waals surface area contributed by atoms with Gasteiger partial charge >= 0.3 is 0 Å². The van der Waals surface area contributed by atoms with E-state index in [0.717, 1.165) is 51.3 Å². The van der Waals surface area contributed by atoms with Crippen molar-refractivity contribution in [1.29, 1.82) is 5.26 Å². The summed E-state index contributed by atoms with van der Waals surface area (Å²) < 4.78 is 5.94. The number of piperazine rings is 1. The molecule has 1 aromatic carbocycles. The van der Waals surface area contributed by atoms with Crippen LogP contribution in [0.2, 0.25) is 0 Å². The molecule has 0 spiro atoms. The number of nitrogens with zero attached hydrogens (tertiary/aromatic N) is 2. The molecule has 1 fully saturated rings. The maximum atomic E-state index is 9.19. The van der Waals surface area contributed by atoms with E-state index in [1.807, 2.05) is 12.1 Å². The second kappa shape index (κ2) is 5.70. The number of nitriles is 1. The van der Waals surface area contributed by atoms with Crippen LogP contribution >= 0.6 is 0 Å². The van der Waals surface area contributed by atoms with Gasteiger partial charge in [-0.1, -0.05) is 12.1 Å². The van der Waals surface area contributed by atoms with Crippen LogP contribution in [0.4, 0.5) is 0 Å². The number of hydrogen-bond acceptors (Lipinski definition) is 4. The first-order chi connectivity index (χ1) is 9.38. The van der Waals surface area contributed by atoms with Crippen LogP contribution in [-0.4, -0.2) is 44.2 Å². The third-order valence-electron chi connectivity index (χ3n) is 3.98. The van der Waals surface area contributed by atoms with Gasteiger partial charge in [-0.2, -0.15) is 5.26 Å². The van der Waals surface area contributed by atoms with Crippen molar-refractivity contribution in [2.24, 2.45) is 0 Å². The standard InChI is InChI=1S/C15H19N3O/c16-10-12-2-1-3-14-13(12)4-9-19-15(14)11-18-7-5-17-6-8-18/h1-3,15,17H,4-9,11H2/t15-/m0/s1. The second-order valence-electron chi connectivity index (χ2n) is 5.15. The van der Waals surface area contributed by atoms with Gasteiger partial charge in [0.1, 0.15) is 0 Å². The number of fused-ring (bicyclic) bond motifs is 1. The summed E-state index contributed by atoms with van der Waals surface area (Å²) in [4.78, 5) is 2.44. The third kappa shape index (κ3) is 2.64. The highest BCUT2D eigenvalue weighted by molar-refractivity contribution is 5.45. The lowest BCUT2D eigenvalue weighted by atomic mass is 9.93. The van der Waals surface area contributed by atoms with Crippen molar-refractivity contribution in [1.82, 2.24) is 10.2 Å². The minimum atomic E-state index is 0.121. The quantitative estimate of drug-likeness (QED) is 0.861. The van der Waals surface area contributed by atoms with E-state index in [2.05, 4.69) is 22.4 Å². The molecule has 3 rings (SSSR count). The average molecular weight is 257 g/mol. The Hall–Kier alpha value is -1.41. The Morgan fingerprint density at radius 2 is 2.21 bits per heavy atom. The molecule has 0 radical (unpaired) electrons. The highest BCUT2D eigenvalue weighted by Gasteiger charge is 2.25. The Morgan fingerprint density at radius 1 is 1.37 bits per heavy atom. The van der Waals surface area contributed by atoms with Gasteiger partial charge < -0.3 is 10.1 Å². The molecule has 2 aliphatic heterocycles. The minimum absolute atomic E-state index is 0.121. The molecule has 4 heteroatoms. The molecule has 0 saturated carbocycles. The van der Waals surface area contributed by atoms with E-state index in [4.69, 9.17) is 4.74 Å². The molecule has 1 saturated heterocycles. The molecular weight excluding hydrogens is 238 g/mol. The summed E-state index contributed by atoms with van der Waals surface area (Å²) in [5.74, 6) is 0. The van der Waals surface area contributed by atoms with Gasteiger partial charge in [0.05, 0.1) is 24.3 Å². The summed E-state index contributed by atoms with van der Waals surface area (Å²) in [5.41, 5.74) is 3.21. The topological polar surface area (TPSA) is 48.3 Å². The average Bonchev–Trinajstić information content (AvgIpc) is 2.48. The van der Waals surface area contributed by atoms with Gasteiger partial charge in [-0.05, 0) is 23.6 Å². The molecule has 2 heterocycles. The van der Waals surface area contributed by atoms with Crippen LogP contribution in [0.3, 0.4) is 0 Å². The smallest absolute Gasteiger partial charge is 0.0994 e. The van der Waals surface area contributed by atoms with Crippen molar-refractivity contribution in [3.05, 3.63) is 34.9 Å². The predicted molar refractivity (Wildman–Crippen MR) is 72.9 cm³/mol. The van der Waals surface area contributed by atoms with E-state index in [0.29, 0.717) is 0 Å². The van der Waals surface area contributed by atoms with Crippen LogP contribution in [0, 0.1) is 11.3 Å². The summed E-state index contributed by atoms with van der Waals surface area (Å²) in [6, 6.07) is 8.29. The Bertz CT molecular complexity index is 489. The third-order valence-corrected chi connectivity index (χ3v) is 3.98. The minimum Gasteiger partial charge on any atom is -0.372 e. The number of rotatable bonds is 2. The fourth-order valence-electron chi connectivity index (χ4n) is 2.96. The first-order valence-corrected chi connectivity index (χ1v) is 6.95. The lowest BCUT2D eigenvalue weighted by Crippen LogP contribution is -2.45. The van der Waals surface area contributed by atoms with E-state index in [1.54, 1.807) is 0 Å². The van der Waals surface area contributed by atoms with E-state index in [9.17, 15) is 5.26 Å². The first kappa shape index (κ1) is 12.6. The monoisotopic (exact) mass is 257 g/mol. The van der Waals surface area contributed by atoms with Crippen LogP contribution < -0.4 is 5.32 Å². The normalized spacial score (nSPS) is 23.6. The molecule has 4 nitrogen and oxygen atoms in total. The lowest BCUT2D eigenvalue weighted by Gasteiger charge is -2.33. The van der Waals surface area contributed by atoms with Crippen LogP contribution in [0.25, 0.3) is 0 Å². The summed E-state index contributed by atoms with van der Waals surface area (Å²) >= 11 is 0. The Labute approximate surface area is 114 Å². The van der Waals surface area contributed by atoms with Gasteiger partial charge in [0.15, 0.2) is 0 Å². The van der Waals surface area contributed by atoms with E-state index >= 15 is 0 Å². The predicted octanol–water partition coefficient (Wildman–Crippen LogP) is 1.08. The molecule has 100 valence electrons. The highest BCUT2D eigenvalue weighted by atomic mass is 16.5. The summed E-state index contributed by atoms with van der Waals surface area (Å²) in [6.07, 6.45) is 0.979. The molecular formula is C15H19N3O. The second-order valence-corrected chi connectivity index (χ2v) is 5.15. The molecule has 19 heavy (non-hydrogen) atoms. The molecule has 0 aliphatic carbocycles. The zero-order chi connectivity index (χ0) is 13.1. The zero-order valence-electron chi connectivity index (χ0n) is 11.1. The van der Waals surface area contributed by atoms with Crippen LogP contribution in [0.15, 0.2) is 18.2 Å². The van der Waals surface area contributed by atoms with Crippen molar-refractivity contribution in [2.75, 3.05) is 39.3 Å². The van der Waals surface area contributed by atoms with E-state index in [1.165, 1.54) is 11.1 Å². The van der Waals surface area contributed by atoms with Gasteiger partial charge in [0.2, 0.25) is 0 Å².